The lowest BCUT2D eigenvalue weighted by Gasteiger charge is -2.16. The minimum Gasteiger partial charge on any atom is -0.465 e. The van der Waals surface area contributed by atoms with Gasteiger partial charge in [0.25, 0.3) is 11.6 Å². The molecular formula is C20H18N4O5. The second-order valence-corrected chi connectivity index (χ2v) is 6.31. The number of nitro groups is 1. The first-order valence-electron chi connectivity index (χ1n) is 8.61. The number of amides is 1. The first-order valence-corrected chi connectivity index (χ1v) is 8.61. The van der Waals surface area contributed by atoms with Crippen LogP contribution in [-0.4, -0.2) is 45.6 Å². The zero-order valence-corrected chi connectivity index (χ0v) is 15.8. The number of nitrogens with zero attached hydrogens (tertiary/aromatic N) is 4. The van der Waals surface area contributed by atoms with Gasteiger partial charge in [-0.2, -0.15) is 5.10 Å². The molecule has 9 nitrogen and oxygen atoms in total. The van der Waals surface area contributed by atoms with E-state index in [0.717, 1.165) is 23.4 Å². The number of benzene rings is 2. The topological polar surface area (TPSA) is 108 Å². The van der Waals surface area contributed by atoms with Crippen LogP contribution in [0.4, 0.5) is 5.69 Å². The van der Waals surface area contributed by atoms with Crippen molar-refractivity contribution in [2.45, 2.75) is 6.54 Å². The average Bonchev–Trinajstić information content (AvgIpc) is 3.21. The van der Waals surface area contributed by atoms with Crippen LogP contribution in [0.3, 0.4) is 0 Å². The molecule has 1 aromatic heterocycles. The molecule has 2 aromatic carbocycles. The molecule has 29 heavy (non-hydrogen) atoms. The van der Waals surface area contributed by atoms with Crippen LogP contribution in [0.25, 0.3) is 5.69 Å². The average molecular weight is 394 g/mol. The van der Waals surface area contributed by atoms with Gasteiger partial charge in [-0.05, 0) is 18.2 Å². The summed E-state index contributed by atoms with van der Waals surface area (Å²) in [4.78, 5) is 36.5. The second kappa shape index (κ2) is 8.34. The number of carbonyl (C=O) groups excluding carboxylic acids is 2. The van der Waals surface area contributed by atoms with Crippen molar-refractivity contribution in [2.24, 2.45) is 0 Å². The maximum Gasteiger partial charge on any atom is 0.338 e. The van der Waals surface area contributed by atoms with Crippen molar-refractivity contribution >= 4 is 17.6 Å². The molecule has 0 aliphatic rings. The molecule has 3 aromatic rings. The van der Waals surface area contributed by atoms with Gasteiger partial charge in [0.05, 0.1) is 29.5 Å². The molecule has 0 saturated carbocycles. The number of hydrogen-bond donors (Lipinski definition) is 0. The number of rotatable bonds is 6. The van der Waals surface area contributed by atoms with Crippen LogP contribution in [0.5, 0.6) is 0 Å². The van der Waals surface area contributed by atoms with Gasteiger partial charge in [-0.3, -0.25) is 14.9 Å². The van der Waals surface area contributed by atoms with Gasteiger partial charge in [0, 0.05) is 43.0 Å². The first kappa shape index (κ1) is 19.7. The van der Waals surface area contributed by atoms with Crippen molar-refractivity contribution in [3.05, 3.63) is 87.7 Å². The van der Waals surface area contributed by atoms with E-state index in [1.54, 1.807) is 24.1 Å². The quantitative estimate of drug-likeness (QED) is 0.361. The van der Waals surface area contributed by atoms with Crippen molar-refractivity contribution in [3.63, 3.8) is 0 Å². The van der Waals surface area contributed by atoms with Crippen LogP contribution in [-0.2, 0) is 11.3 Å². The van der Waals surface area contributed by atoms with Gasteiger partial charge in [0.15, 0.2) is 0 Å². The molecule has 0 saturated heterocycles. The number of esters is 1. The molecule has 0 bridgehead atoms. The summed E-state index contributed by atoms with van der Waals surface area (Å²) in [6.45, 7) is 0.238. The Balaban J connectivity index is 1.81. The van der Waals surface area contributed by atoms with E-state index >= 15 is 0 Å². The van der Waals surface area contributed by atoms with Gasteiger partial charge >= 0.3 is 5.97 Å². The molecule has 9 heteroatoms. The predicted molar refractivity (Wildman–Crippen MR) is 104 cm³/mol. The fourth-order valence-corrected chi connectivity index (χ4v) is 2.81. The predicted octanol–water partition coefficient (Wildman–Crippen LogP) is 2.84. The van der Waals surface area contributed by atoms with Gasteiger partial charge in [-0.15, -0.1) is 0 Å². The van der Waals surface area contributed by atoms with E-state index in [2.05, 4.69) is 9.84 Å². The maximum atomic E-state index is 12.8. The zero-order valence-electron chi connectivity index (χ0n) is 15.8. The highest BCUT2D eigenvalue weighted by molar-refractivity contribution is 5.98. The van der Waals surface area contributed by atoms with Crippen LogP contribution in [0.15, 0.2) is 60.9 Å². The summed E-state index contributed by atoms with van der Waals surface area (Å²) in [6.07, 6.45) is 3.44. The fraction of sp³-hybridized carbons (Fsp3) is 0.150. The van der Waals surface area contributed by atoms with E-state index in [1.165, 1.54) is 18.1 Å². The molecule has 0 aliphatic heterocycles. The van der Waals surface area contributed by atoms with Crippen molar-refractivity contribution in [1.29, 1.82) is 0 Å². The molecule has 0 N–H and O–H groups in total. The molecule has 0 atom stereocenters. The summed E-state index contributed by atoms with van der Waals surface area (Å²) < 4.78 is 6.30. The molecule has 0 aliphatic carbocycles. The molecule has 0 radical (unpaired) electrons. The highest BCUT2D eigenvalue weighted by Crippen LogP contribution is 2.20. The van der Waals surface area contributed by atoms with Crippen LogP contribution in [0, 0.1) is 10.1 Å². The fourth-order valence-electron chi connectivity index (χ4n) is 2.81. The number of aromatic nitrogens is 2. The van der Waals surface area contributed by atoms with Crippen molar-refractivity contribution in [2.75, 3.05) is 14.2 Å². The first-order chi connectivity index (χ1) is 13.9. The Morgan fingerprint density at radius 2 is 1.86 bits per heavy atom. The number of para-hydroxylation sites is 1. The normalized spacial score (nSPS) is 10.4. The lowest BCUT2D eigenvalue weighted by atomic mass is 10.1. The molecule has 1 heterocycles. The van der Waals surface area contributed by atoms with E-state index < -0.39 is 16.8 Å². The highest BCUT2D eigenvalue weighted by Gasteiger charge is 2.21. The van der Waals surface area contributed by atoms with E-state index in [-0.39, 0.29) is 23.4 Å². The summed E-state index contributed by atoms with van der Waals surface area (Å²) in [6, 6.07) is 13.0. The monoisotopic (exact) mass is 394 g/mol. The lowest BCUT2D eigenvalue weighted by molar-refractivity contribution is -0.384. The summed E-state index contributed by atoms with van der Waals surface area (Å²) in [7, 11) is 2.73. The van der Waals surface area contributed by atoms with E-state index in [1.807, 2.05) is 30.3 Å². The largest absolute Gasteiger partial charge is 0.465 e. The highest BCUT2D eigenvalue weighted by atomic mass is 16.6. The maximum absolute atomic E-state index is 12.8. The van der Waals surface area contributed by atoms with Crippen LogP contribution in [0.2, 0.25) is 0 Å². The van der Waals surface area contributed by atoms with Crippen LogP contribution >= 0.6 is 0 Å². The Kier molecular flexibility index (Phi) is 5.68. The molecular weight excluding hydrogens is 376 g/mol. The Morgan fingerprint density at radius 1 is 1.17 bits per heavy atom. The van der Waals surface area contributed by atoms with E-state index in [4.69, 9.17) is 0 Å². The summed E-state index contributed by atoms with van der Waals surface area (Å²) >= 11 is 0. The number of non-ortho nitro benzene ring substituents is 1. The van der Waals surface area contributed by atoms with E-state index in [9.17, 15) is 19.7 Å². The minimum absolute atomic E-state index is 0.0255. The molecule has 1 amide bonds. The Hall–Kier alpha value is -4.01. The molecule has 0 spiro atoms. The van der Waals surface area contributed by atoms with Gasteiger partial charge in [-0.1, -0.05) is 18.2 Å². The summed E-state index contributed by atoms with van der Waals surface area (Å²) in [5, 5.41) is 15.4. The van der Waals surface area contributed by atoms with Gasteiger partial charge in [-0.25, -0.2) is 9.48 Å². The number of nitro benzene ring substituents is 1. The van der Waals surface area contributed by atoms with Crippen molar-refractivity contribution < 1.29 is 19.2 Å². The summed E-state index contributed by atoms with van der Waals surface area (Å²) in [5.74, 6) is -1.22. The molecule has 0 fully saturated rings. The molecule has 0 unspecified atom stereocenters. The smallest absolute Gasteiger partial charge is 0.338 e. The number of methoxy groups -OCH3 is 1. The van der Waals surface area contributed by atoms with Crippen LogP contribution in [0.1, 0.15) is 26.3 Å². The third kappa shape index (κ3) is 4.46. The molecule has 148 valence electrons. The number of hydrogen-bond acceptors (Lipinski definition) is 6. The van der Waals surface area contributed by atoms with Crippen LogP contribution < -0.4 is 0 Å². The number of carbonyl (C=O) groups is 2. The van der Waals surface area contributed by atoms with Crippen molar-refractivity contribution in [3.8, 4) is 5.69 Å². The Bertz CT molecular complexity index is 1060. The van der Waals surface area contributed by atoms with E-state index in [0.29, 0.717) is 0 Å². The van der Waals surface area contributed by atoms with Crippen molar-refractivity contribution in [1.82, 2.24) is 14.7 Å². The lowest BCUT2D eigenvalue weighted by Crippen LogP contribution is -2.26. The third-order valence-electron chi connectivity index (χ3n) is 4.22. The Morgan fingerprint density at radius 3 is 2.52 bits per heavy atom. The minimum atomic E-state index is -0.755. The third-order valence-corrected chi connectivity index (χ3v) is 4.22. The standard InChI is InChI=1S/C20H18N4O5/c1-22(12-14-11-21-23(13-14)17-6-4-3-5-7-17)19(25)15-8-16(20(26)29-2)10-18(9-15)24(27)28/h3-11,13H,12H2,1-2H3. The van der Waals surface area contributed by atoms with Gasteiger partial charge in [0.2, 0.25) is 0 Å². The molecule has 3 rings (SSSR count). The Labute approximate surface area is 166 Å². The second-order valence-electron chi connectivity index (χ2n) is 6.31. The summed E-state index contributed by atoms with van der Waals surface area (Å²) in [5.41, 5.74) is 1.27. The number of ether oxygens (including phenoxy) is 1. The SMILES string of the molecule is COC(=O)c1cc(C(=O)N(C)Cc2cnn(-c3ccccc3)c2)cc([N+](=O)[O-])c1. The van der Waals surface area contributed by atoms with Gasteiger partial charge in [0.1, 0.15) is 0 Å². The van der Waals surface area contributed by atoms with Gasteiger partial charge < -0.3 is 9.64 Å². The zero-order chi connectivity index (χ0) is 21.0.